The molecular formula is C67H129NO5. The summed E-state index contributed by atoms with van der Waals surface area (Å²) in [6.45, 7) is 4.93. The average molecular weight is 1030 g/mol. The van der Waals surface area contributed by atoms with E-state index in [1.165, 1.54) is 295 Å². The molecular weight excluding hydrogens is 899 g/mol. The van der Waals surface area contributed by atoms with Gasteiger partial charge in [-0.25, -0.2) is 0 Å². The third-order valence-electron chi connectivity index (χ3n) is 15.5. The van der Waals surface area contributed by atoms with Crippen molar-refractivity contribution in [2.45, 2.75) is 379 Å². The van der Waals surface area contributed by atoms with Crippen LogP contribution in [0.5, 0.6) is 0 Å². The van der Waals surface area contributed by atoms with E-state index >= 15 is 0 Å². The molecule has 0 aliphatic heterocycles. The van der Waals surface area contributed by atoms with Crippen molar-refractivity contribution < 1.29 is 24.5 Å². The van der Waals surface area contributed by atoms with E-state index in [9.17, 15) is 19.8 Å². The summed E-state index contributed by atoms with van der Waals surface area (Å²) in [5.74, 6) is -0.0565. The molecule has 0 spiro atoms. The topological polar surface area (TPSA) is 95.9 Å². The van der Waals surface area contributed by atoms with E-state index in [1.54, 1.807) is 6.08 Å². The molecule has 0 saturated carbocycles. The smallest absolute Gasteiger partial charge is 0.305 e. The summed E-state index contributed by atoms with van der Waals surface area (Å²) in [4.78, 5) is 24.6. The fourth-order valence-corrected chi connectivity index (χ4v) is 10.4. The van der Waals surface area contributed by atoms with E-state index in [0.717, 1.165) is 44.9 Å². The number of allylic oxidation sites excluding steroid dienone is 3. The summed E-state index contributed by atoms with van der Waals surface area (Å²) in [5.41, 5.74) is 0. The van der Waals surface area contributed by atoms with Gasteiger partial charge in [0.15, 0.2) is 0 Å². The number of hydrogen-bond donors (Lipinski definition) is 3. The largest absolute Gasteiger partial charge is 0.466 e. The van der Waals surface area contributed by atoms with Crippen molar-refractivity contribution in [2.75, 3.05) is 13.2 Å². The van der Waals surface area contributed by atoms with Gasteiger partial charge in [-0.2, -0.15) is 0 Å². The highest BCUT2D eigenvalue weighted by atomic mass is 16.5. The van der Waals surface area contributed by atoms with Gasteiger partial charge in [0.2, 0.25) is 5.91 Å². The zero-order valence-corrected chi connectivity index (χ0v) is 49.4. The molecule has 0 rings (SSSR count). The van der Waals surface area contributed by atoms with E-state index in [4.69, 9.17) is 4.74 Å². The van der Waals surface area contributed by atoms with E-state index in [1.807, 2.05) is 6.08 Å². The predicted molar refractivity (Wildman–Crippen MR) is 320 cm³/mol. The minimum absolute atomic E-state index is 0.0155. The molecule has 73 heavy (non-hydrogen) atoms. The van der Waals surface area contributed by atoms with Crippen LogP contribution in [0.2, 0.25) is 0 Å². The SMILES string of the molecule is CCCCCCCCCCCCCCCC/C=C/C(O)C(CO)NC(=O)CCCCCCCCC/C=C\CCCCCCCCCCCCCCOC(=O)CCCCCCCCCCCCCCCCCCC. The Morgan fingerprint density at radius 2 is 0.644 bits per heavy atom. The molecule has 6 nitrogen and oxygen atoms in total. The lowest BCUT2D eigenvalue weighted by Crippen LogP contribution is -2.45. The molecule has 432 valence electrons. The summed E-state index contributed by atoms with van der Waals surface area (Å²) in [7, 11) is 0. The number of amides is 1. The average Bonchev–Trinajstić information content (AvgIpc) is 3.39. The third kappa shape index (κ3) is 59.4. The maximum atomic E-state index is 12.5. The number of rotatable bonds is 62. The van der Waals surface area contributed by atoms with Gasteiger partial charge in [-0.15, -0.1) is 0 Å². The third-order valence-corrected chi connectivity index (χ3v) is 15.5. The van der Waals surface area contributed by atoms with Crippen molar-refractivity contribution in [1.29, 1.82) is 0 Å². The quantitative estimate of drug-likeness (QED) is 0.0320. The monoisotopic (exact) mass is 1030 g/mol. The van der Waals surface area contributed by atoms with Crippen LogP contribution in [-0.2, 0) is 14.3 Å². The Kier molecular flexibility index (Phi) is 61.4. The van der Waals surface area contributed by atoms with Gasteiger partial charge >= 0.3 is 5.97 Å². The number of hydrogen-bond acceptors (Lipinski definition) is 5. The molecule has 6 heteroatoms. The Morgan fingerprint density at radius 1 is 0.370 bits per heavy atom. The Morgan fingerprint density at radius 3 is 0.973 bits per heavy atom. The highest BCUT2D eigenvalue weighted by Gasteiger charge is 2.18. The van der Waals surface area contributed by atoms with Gasteiger partial charge in [0, 0.05) is 12.8 Å². The minimum Gasteiger partial charge on any atom is -0.466 e. The normalized spacial score (nSPS) is 12.7. The van der Waals surface area contributed by atoms with Crippen molar-refractivity contribution in [3.63, 3.8) is 0 Å². The van der Waals surface area contributed by atoms with Crippen LogP contribution in [-0.4, -0.2) is 47.4 Å². The van der Waals surface area contributed by atoms with E-state index < -0.39 is 12.1 Å². The first-order chi connectivity index (χ1) is 36.0. The second kappa shape index (κ2) is 62.9. The van der Waals surface area contributed by atoms with E-state index in [-0.39, 0.29) is 18.5 Å². The zero-order valence-electron chi connectivity index (χ0n) is 49.4. The molecule has 2 atom stereocenters. The van der Waals surface area contributed by atoms with Crippen molar-refractivity contribution in [1.82, 2.24) is 5.32 Å². The number of aliphatic hydroxyl groups is 2. The molecule has 0 radical (unpaired) electrons. The van der Waals surface area contributed by atoms with Gasteiger partial charge in [0.05, 0.1) is 25.4 Å². The molecule has 0 aliphatic carbocycles. The number of ether oxygens (including phenoxy) is 1. The minimum atomic E-state index is -0.848. The van der Waals surface area contributed by atoms with Gasteiger partial charge in [-0.1, -0.05) is 321 Å². The van der Waals surface area contributed by atoms with Crippen LogP contribution >= 0.6 is 0 Å². The summed E-state index contributed by atoms with van der Waals surface area (Å²) < 4.78 is 5.50. The lowest BCUT2D eigenvalue weighted by atomic mass is 10.0. The Hall–Kier alpha value is -1.66. The Balaban J connectivity index is 3.41. The molecule has 1 amide bonds. The predicted octanol–water partition coefficient (Wildman–Crippen LogP) is 21.0. The molecule has 3 N–H and O–H groups in total. The standard InChI is InChI=1S/C67H129NO5/c1-3-5-7-9-11-13-15-17-19-28-33-37-41-45-49-53-57-61-67(72)73-62-58-54-50-46-42-38-34-30-27-25-23-21-22-24-26-29-32-36-40-44-48-52-56-60-66(71)68-64(63-69)65(70)59-55-51-47-43-39-35-31-20-18-16-14-12-10-8-6-4-2/h24,26,55,59,64-65,69-70H,3-23,25,27-54,56-58,60-63H2,1-2H3,(H,68,71)/b26-24-,59-55+. The van der Waals surface area contributed by atoms with E-state index in [2.05, 4.69) is 31.3 Å². The second-order valence-corrected chi connectivity index (χ2v) is 22.8. The zero-order chi connectivity index (χ0) is 52.9. The first-order valence-corrected chi connectivity index (χ1v) is 33.1. The van der Waals surface area contributed by atoms with Crippen LogP contribution in [0.3, 0.4) is 0 Å². The molecule has 0 aliphatic rings. The first-order valence-electron chi connectivity index (χ1n) is 33.1. The van der Waals surface area contributed by atoms with Gasteiger partial charge in [-0.05, 0) is 57.8 Å². The lowest BCUT2D eigenvalue weighted by Gasteiger charge is -2.20. The van der Waals surface area contributed by atoms with Gasteiger partial charge < -0.3 is 20.3 Å². The van der Waals surface area contributed by atoms with Crippen LogP contribution in [0, 0.1) is 0 Å². The molecule has 0 saturated heterocycles. The highest BCUT2D eigenvalue weighted by Crippen LogP contribution is 2.18. The molecule has 0 aromatic rings. The van der Waals surface area contributed by atoms with Crippen LogP contribution in [0.1, 0.15) is 367 Å². The second-order valence-electron chi connectivity index (χ2n) is 22.8. The molecule has 0 aromatic carbocycles. The fraction of sp³-hybridized carbons (Fsp3) is 0.910. The number of nitrogens with one attached hydrogen (secondary N) is 1. The number of carbonyl (C=O) groups is 2. The molecule has 2 unspecified atom stereocenters. The maximum Gasteiger partial charge on any atom is 0.305 e. The van der Waals surface area contributed by atoms with Gasteiger partial charge in [0.25, 0.3) is 0 Å². The van der Waals surface area contributed by atoms with Crippen molar-refractivity contribution in [2.24, 2.45) is 0 Å². The van der Waals surface area contributed by atoms with Crippen LogP contribution in [0.15, 0.2) is 24.3 Å². The summed E-state index contributed by atoms with van der Waals surface area (Å²) in [6, 6.07) is -0.632. The van der Waals surface area contributed by atoms with Crippen molar-refractivity contribution >= 4 is 11.9 Å². The number of aliphatic hydroxyl groups excluding tert-OH is 2. The van der Waals surface area contributed by atoms with Crippen LogP contribution in [0.4, 0.5) is 0 Å². The summed E-state index contributed by atoms with van der Waals surface area (Å²) >= 11 is 0. The summed E-state index contributed by atoms with van der Waals surface area (Å²) in [5, 5.41) is 23.2. The number of carbonyl (C=O) groups excluding carboxylic acids is 2. The summed E-state index contributed by atoms with van der Waals surface area (Å²) in [6.07, 6.45) is 78.0. The van der Waals surface area contributed by atoms with Crippen LogP contribution in [0.25, 0.3) is 0 Å². The number of unbranched alkanes of at least 4 members (excludes halogenated alkanes) is 49. The Bertz CT molecular complexity index is 1140. The van der Waals surface area contributed by atoms with Crippen molar-refractivity contribution in [3.05, 3.63) is 24.3 Å². The molecule has 0 fully saturated rings. The molecule has 0 aromatic heterocycles. The lowest BCUT2D eigenvalue weighted by molar-refractivity contribution is -0.143. The van der Waals surface area contributed by atoms with Gasteiger partial charge in [-0.3, -0.25) is 9.59 Å². The van der Waals surface area contributed by atoms with Crippen LogP contribution < -0.4 is 5.32 Å². The highest BCUT2D eigenvalue weighted by molar-refractivity contribution is 5.76. The number of esters is 1. The molecule has 0 bridgehead atoms. The fourth-order valence-electron chi connectivity index (χ4n) is 10.4. The van der Waals surface area contributed by atoms with Crippen molar-refractivity contribution in [3.8, 4) is 0 Å². The first kappa shape index (κ1) is 71.3. The van der Waals surface area contributed by atoms with Gasteiger partial charge in [0.1, 0.15) is 0 Å². The Labute approximate surface area is 456 Å². The molecule has 0 heterocycles. The maximum absolute atomic E-state index is 12.5. The van der Waals surface area contributed by atoms with E-state index in [0.29, 0.717) is 19.4 Å².